The van der Waals surface area contributed by atoms with Gasteiger partial charge in [0.05, 0.1) is 6.20 Å². The van der Waals surface area contributed by atoms with E-state index in [2.05, 4.69) is 23.1 Å². The third kappa shape index (κ3) is 2.07. The first-order chi connectivity index (χ1) is 10.0. The summed E-state index contributed by atoms with van der Waals surface area (Å²) in [5.74, 6) is 0.939. The Bertz CT molecular complexity index is 751. The molecule has 0 saturated carbocycles. The molecule has 2 heterocycles. The summed E-state index contributed by atoms with van der Waals surface area (Å²) in [4.78, 5) is 4.47. The lowest BCUT2D eigenvalue weighted by Gasteiger charge is -2.24. The summed E-state index contributed by atoms with van der Waals surface area (Å²) in [5, 5.41) is 13.8. The number of nitriles is 1. The second kappa shape index (κ2) is 4.88. The maximum atomic E-state index is 9.53. The van der Waals surface area contributed by atoms with Gasteiger partial charge in [0.2, 0.25) is 0 Å². The molecule has 5 nitrogen and oxygen atoms in total. The maximum absolute atomic E-state index is 9.53. The molecule has 1 atom stereocenters. The Morgan fingerprint density at radius 2 is 2.24 bits per heavy atom. The Morgan fingerprint density at radius 3 is 2.86 bits per heavy atom. The SMILES string of the molecule is Cc1c(-c2c(C#N)c(N)nc3c2CC(C)CC3)cnn1C. The smallest absolute Gasteiger partial charge is 0.142 e. The summed E-state index contributed by atoms with van der Waals surface area (Å²) in [6.07, 6.45) is 4.82. The van der Waals surface area contributed by atoms with E-state index in [1.165, 1.54) is 5.56 Å². The lowest BCUT2D eigenvalue weighted by Crippen LogP contribution is -2.17. The van der Waals surface area contributed by atoms with Crippen molar-refractivity contribution >= 4 is 5.82 Å². The van der Waals surface area contributed by atoms with Gasteiger partial charge in [-0.05, 0) is 37.7 Å². The predicted octanol–water partition coefficient (Wildman–Crippen LogP) is 2.37. The van der Waals surface area contributed by atoms with Gasteiger partial charge in [-0.1, -0.05) is 6.92 Å². The summed E-state index contributed by atoms with van der Waals surface area (Å²) >= 11 is 0. The first-order valence-corrected chi connectivity index (χ1v) is 7.23. The van der Waals surface area contributed by atoms with E-state index in [4.69, 9.17) is 5.73 Å². The van der Waals surface area contributed by atoms with Gasteiger partial charge in [-0.25, -0.2) is 4.98 Å². The average Bonchev–Trinajstić information content (AvgIpc) is 2.78. The van der Waals surface area contributed by atoms with Crippen molar-refractivity contribution in [1.82, 2.24) is 14.8 Å². The topological polar surface area (TPSA) is 80.5 Å². The highest BCUT2D eigenvalue weighted by Gasteiger charge is 2.26. The number of aromatic nitrogens is 3. The van der Waals surface area contributed by atoms with Crippen molar-refractivity contribution in [3.8, 4) is 17.2 Å². The molecule has 21 heavy (non-hydrogen) atoms. The van der Waals surface area contributed by atoms with Crippen molar-refractivity contribution in [3.05, 3.63) is 28.7 Å². The fraction of sp³-hybridized carbons (Fsp3) is 0.438. The van der Waals surface area contributed by atoms with E-state index < -0.39 is 0 Å². The number of rotatable bonds is 1. The molecule has 5 heteroatoms. The van der Waals surface area contributed by atoms with Crippen LogP contribution in [0.1, 0.15) is 35.9 Å². The maximum Gasteiger partial charge on any atom is 0.142 e. The summed E-state index contributed by atoms with van der Waals surface area (Å²) in [6, 6.07) is 2.24. The van der Waals surface area contributed by atoms with Gasteiger partial charge in [-0.2, -0.15) is 10.4 Å². The van der Waals surface area contributed by atoms with E-state index in [0.29, 0.717) is 17.3 Å². The Hall–Kier alpha value is -2.35. The number of hydrogen-bond donors (Lipinski definition) is 1. The third-order valence-electron chi connectivity index (χ3n) is 4.45. The molecular formula is C16H19N5. The van der Waals surface area contributed by atoms with E-state index in [-0.39, 0.29) is 0 Å². The highest BCUT2D eigenvalue weighted by molar-refractivity contribution is 5.80. The van der Waals surface area contributed by atoms with Crippen molar-refractivity contribution in [1.29, 1.82) is 5.26 Å². The fourth-order valence-corrected chi connectivity index (χ4v) is 3.11. The van der Waals surface area contributed by atoms with E-state index in [1.54, 1.807) is 0 Å². The van der Waals surface area contributed by atoms with Crippen molar-refractivity contribution in [2.24, 2.45) is 13.0 Å². The highest BCUT2D eigenvalue weighted by Crippen LogP contribution is 2.38. The highest BCUT2D eigenvalue weighted by atomic mass is 15.3. The second-order valence-corrected chi connectivity index (χ2v) is 5.90. The van der Waals surface area contributed by atoms with E-state index in [9.17, 15) is 5.26 Å². The van der Waals surface area contributed by atoms with Crippen LogP contribution in [0.15, 0.2) is 6.20 Å². The van der Waals surface area contributed by atoms with Crippen molar-refractivity contribution in [3.63, 3.8) is 0 Å². The molecule has 0 radical (unpaired) electrons. The number of pyridine rings is 1. The predicted molar refractivity (Wildman–Crippen MR) is 81.5 cm³/mol. The Balaban J connectivity index is 2.34. The van der Waals surface area contributed by atoms with Crippen LogP contribution in [0.5, 0.6) is 0 Å². The Morgan fingerprint density at radius 1 is 1.48 bits per heavy atom. The van der Waals surface area contributed by atoms with Crippen LogP contribution >= 0.6 is 0 Å². The van der Waals surface area contributed by atoms with Crippen LogP contribution in [0.2, 0.25) is 0 Å². The van der Waals surface area contributed by atoms with Crippen LogP contribution in [0.4, 0.5) is 5.82 Å². The van der Waals surface area contributed by atoms with E-state index in [1.807, 2.05) is 24.9 Å². The molecule has 1 unspecified atom stereocenters. The minimum Gasteiger partial charge on any atom is -0.383 e. The zero-order valence-electron chi connectivity index (χ0n) is 12.6. The van der Waals surface area contributed by atoms with E-state index in [0.717, 1.165) is 41.8 Å². The molecule has 3 rings (SSSR count). The molecule has 2 aromatic rings. The molecule has 2 aromatic heterocycles. The standard InChI is InChI=1S/C16H19N5/c1-9-4-5-14-11(6-9)15(12(7-17)16(18)20-14)13-8-19-21(3)10(13)2/h8-9H,4-6H2,1-3H3,(H2,18,20). The summed E-state index contributed by atoms with van der Waals surface area (Å²) < 4.78 is 1.83. The Kier molecular flexibility index (Phi) is 3.17. The number of aryl methyl sites for hydroxylation is 2. The summed E-state index contributed by atoms with van der Waals surface area (Å²) in [7, 11) is 1.91. The normalized spacial score (nSPS) is 17.3. The van der Waals surface area contributed by atoms with Crippen LogP contribution in [0, 0.1) is 24.2 Å². The van der Waals surface area contributed by atoms with Crippen LogP contribution in [-0.4, -0.2) is 14.8 Å². The van der Waals surface area contributed by atoms with Gasteiger partial charge in [0.25, 0.3) is 0 Å². The molecule has 0 amide bonds. The van der Waals surface area contributed by atoms with Crippen LogP contribution in [0.25, 0.3) is 11.1 Å². The van der Waals surface area contributed by atoms with Gasteiger partial charge >= 0.3 is 0 Å². The van der Waals surface area contributed by atoms with Crippen LogP contribution in [-0.2, 0) is 19.9 Å². The van der Waals surface area contributed by atoms with Crippen molar-refractivity contribution < 1.29 is 0 Å². The van der Waals surface area contributed by atoms with Crippen LogP contribution in [0.3, 0.4) is 0 Å². The van der Waals surface area contributed by atoms with Gasteiger partial charge < -0.3 is 5.73 Å². The van der Waals surface area contributed by atoms with Crippen molar-refractivity contribution in [2.75, 3.05) is 5.73 Å². The summed E-state index contributed by atoms with van der Waals surface area (Å²) in [5.41, 5.74) is 11.7. The molecule has 2 N–H and O–H groups in total. The van der Waals surface area contributed by atoms with Gasteiger partial charge in [0.1, 0.15) is 17.5 Å². The number of hydrogen-bond acceptors (Lipinski definition) is 4. The number of nitrogens with zero attached hydrogens (tertiary/aromatic N) is 4. The lowest BCUT2D eigenvalue weighted by molar-refractivity contribution is 0.495. The number of nitrogens with two attached hydrogens (primary N) is 1. The zero-order valence-corrected chi connectivity index (χ0v) is 12.6. The molecule has 1 aliphatic rings. The van der Waals surface area contributed by atoms with E-state index >= 15 is 0 Å². The van der Waals surface area contributed by atoms with Crippen molar-refractivity contribution in [2.45, 2.75) is 33.1 Å². The largest absolute Gasteiger partial charge is 0.383 e. The first-order valence-electron chi connectivity index (χ1n) is 7.23. The molecule has 1 aliphatic carbocycles. The monoisotopic (exact) mass is 281 g/mol. The molecule has 108 valence electrons. The lowest BCUT2D eigenvalue weighted by atomic mass is 9.82. The number of anilines is 1. The minimum absolute atomic E-state index is 0.337. The quantitative estimate of drug-likeness (QED) is 0.870. The molecule has 0 spiro atoms. The van der Waals surface area contributed by atoms with Gasteiger partial charge in [-0.15, -0.1) is 0 Å². The summed E-state index contributed by atoms with van der Waals surface area (Å²) in [6.45, 7) is 4.25. The molecule has 0 bridgehead atoms. The molecule has 0 aromatic carbocycles. The second-order valence-electron chi connectivity index (χ2n) is 5.90. The third-order valence-corrected chi connectivity index (χ3v) is 4.45. The zero-order chi connectivity index (χ0) is 15.1. The van der Waals surface area contributed by atoms with Gasteiger partial charge in [0, 0.05) is 29.6 Å². The number of fused-ring (bicyclic) bond motifs is 1. The number of nitrogen functional groups attached to an aromatic ring is 1. The van der Waals surface area contributed by atoms with Gasteiger partial charge in [-0.3, -0.25) is 4.68 Å². The first kappa shape index (κ1) is 13.6. The molecule has 0 aliphatic heterocycles. The van der Waals surface area contributed by atoms with Gasteiger partial charge in [0.15, 0.2) is 0 Å². The fourth-order valence-electron chi connectivity index (χ4n) is 3.11. The molecule has 0 fully saturated rings. The van der Waals surface area contributed by atoms with Crippen LogP contribution < -0.4 is 5.73 Å². The average molecular weight is 281 g/mol. The molecular weight excluding hydrogens is 262 g/mol. The Labute approximate surface area is 124 Å². The molecule has 0 saturated heterocycles. The minimum atomic E-state index is 0.337.